The summed E-state index contributed by atoms with van der Waals surface area (Å²) in [6, 6.07) is 16.1. The van der Waals surface area contributed by atoms with Gasteiger partial charge in [-0.05, 0) is 47.5 Å². The third-order valence-electron chi connectivity index (χ3n) is 3.54. The Morgan fingerprint density at radius 1 is 1.04 bits per heavy atom. The maximum atomic E-state index is 12.4. The number of amides is 1. The van der Waals surface area contributed by atoms with Crippen molar-refractivity contribution >= 4 is 34.0 Å². The molecule has 0 atom stereocenters. The van der Waals surface area contributed by atoms with Crippen LogP contribution in [0.1, 0.15) is 15.9 Å². The molecule has 0 saturated heterocycles. The van der Waals surface area contributed by atoms with Crippen molar-refractivity contribution in [3.8, 4) is 5.75 Å². The first-order chi connectivity index (χ1) is 10.5. The van der Waals surface area contributed by atoms with Crippen LogP contribution in [-0.2, 0) is 0 Å². The van der Waals surface area contributed by atoms with Crippen LogP contribution >= 0.6 is 11.6 Å². The molecule has 0 saturated carbocycles. The summed E-state index contributed by atoms with van der Waals surface area (Å²) in [5.41, 5.74) is 1.76. The Labute approximate surface area is 161 Å². The SMILES string of the molecule is Cc1ccc(NC(=O)c2cc3ccccc3cc2O)cc1Cl.[Na+]. The molecule has 3 aromatic rings. The fourth-order valence-corrected chi connectivity index (χ4v) is 2.46. The van der Waals surface area contributed by atoms with E-state index in [1.165, 1.54) is 0 Å². The van der Waals surface area contributed by atoms with Crippen molar-refractivity contribution in [2.45, 2.75) is 6.92 Å². The minimum atomic E-state index is -0.372. The number of halogens is 1. The average molecular weight is 335 g/mol. The summed E-state index contributed by atoms with van der Waals surface area (Å²) < 4.78 is 0. The van der Waals surface area contributed by atoms with Gasteiger partial charge in [0.15, 0.2) is 0 Å². The first-order valence-electron chi connectivity index (χ1n) is 6.84. The second-order valence-corrected chi connectivity index (χ2v) is 5.54. The van der Waals surface area contributed by atoms with Crippen molar-refractivity contribution in [1.29, 1.82) is 0 Å². The average Bonchev–Trinajstić information content (AvgIpc) is 2.50. The molecule has 0 aliphatic rings. The summed E-state index contributed by atoms with van der Waals surface area (Å²) in [7, 11) is 0. The Morgan fingerprint density at radius 3 is 2.35 bits per heavy atom. The molecule has 1 amide bonds. The first kappa shape index (κ1) is 17.8. The number of carbonyl (C=O) groups is 1. The summed E-state index contributed by atoms with van der Waals surface area (Å²) in [5.74, 6) is -0.419. The Balaban J connectivity index is 0.00000192. The van der Waals surface area contributed by atoms with Crippen LogP contribution in [0.15, 0.2) is 54.6 Å². The van der Waals surface area contributed by atoms with Gasteiger partial charge in [-0.25, -0.2) is 0 Å². The van der Waals surface area contributed by atoms with Crippen LogP contribution in [0.5, 0.6) is 5.75 Å². The zero-order valence-corrected chi connectivity index (χ0v) is 15.7. The van der Waals surface area contributed by atoms with Crippen molar-refractivity contribution in [3.63, 3.8) is 0 Å². The molecule has 110 valence electrons. The fraction of sp³-hybridized carbons (Fsp3) is 0.0556. The number of aromatic hydroxyl groups is 1. The van der Waals surface area contributed by atoms with E-state index in [-0.39, 0.29) is 46.8 Å². The minimum Gasteiger partial charge on any atom is -0.507 e. The van der Waals surface area contributed by atoms with E-state index >= 15 is 0 Å². The number of phenolic OH excluding ortho intramolecular Hbond substituents is 1. The number of hydrogen-bond donors (Lipinski definition) is 2. The van der Waals surface area contributed by atoms with Gasteiger partial charge in [-0.2, -0.15) is 0 Å². The Morgan fingerprint density at radius 2 is 1.70 bits per heavy atom. The van der Waals surface area contributed by atoms with Crippen LogP contribution in [0.3, 0.4) is 0 Å². The second kappa shape index (κ2) is 7.37. The largest absolute Gasteiger partial charge is 1.00 e. The summed E-state index contributed by atoms with van der Waals surface area (Å²) >= 11 is 6.05. The normalized spacial score (nSPS) is 10.2. The smallest absolute Gasteiger partial charge is 0.507 e. The van der Waals surface area contributed by atoms with E-state index < -0.39 is 0 Å². The van der Waals surface area contributed by atoms with Crippen LogP contribution in [0.25, 0.3) is 10.8 Å². The van der Waals surface area contributed by atoms with Crippen molar-refractivity contribution in [2.24, 2.45) is 0 Å². The predicted octanol–water partition coefficient (Wildman–Crippen LogP) is 1.76. The second-order valence-electron chi connectivity index (χ2n) is 5.13. The topological polar surface area (TPSA) is 49.3 Å². The van der Waals surface area contributed by atoms with Crippen LogP contribution in [0.4, 0.5) is 5.69 Å². The van der Waals surface area contributed by atoms with Gasteiger partial charge in [0, 0.05) is 10.7 Å². The summed E-state index contributed by atoms with van der Waals surface area (Å²) in [6.45, 7) is 1.89. The Kier molecular flexibility index (Phi) is 5.71. The molecular formula is C18H14ClNNaO2+. The molecule has 0 fully saturated rings. The van der Waals surface area contributed by atoms with Gasteiger partial charge in [0.2, 0.25) is 0 Å². The molecule has 23 heavy (non-hydrogen) atoms. The van der Waals surface area contributed by atoms with Crippen LogP contribution in [0.2, 0.25) is 5.02 Å². The molecule has 0 aromatic heterocycles. The van der Waals surface area contributed by atoms with E-state index in [1.807, 2.05) is 37.3 Å². The molecule has 3 rings (SSSR count). The van der Waals surface area contributed by atoms with Crippen molar-refractivity contribution in [2.75, 3.05) is 5.32 Å². The van der Waals surface area contributed by atoms with Gasteiger partial charge in [-0.1, -0.05) is 41.9 Å². The van der Waals surface area contributed by atoms with Gasteiger partial charge in [-0.15, -0.1) is 0 Å². The van der Waals surface area contributed by atoms with Crippen LogP contribution in [-0.4, -0.2) is 11.0 Å². The minimum absolute atomic E-state index is 0. The molecule has 0 bridgehead atoms. The number of rotatable bonds is 2. The molecule has 3 nitrogen and oxygen atoms in total. The van der Waals surface area contributed by atoms with Gasteiger partial charge in [0.1, 0.15) is 5.75 Å². The predicted molar refractivity (Wildman–Crippen MR) is 89.8 cm³/mol. The number of nitrogens with one attached hydrogen (secondary N) is 1. The van der Waals surface area contributed by atoms with Crippen LogP contribution in [0, 0.1) is 6.92 Å². The fourth-order valence-electron chi connectivity index (χ4n) is 2.28. The van der Waals surface area contributed by atoms with E-state index in [2.05, 4.69) is 5.32 Å². The van der Waals surface area contributed by atoms with E-state index in [1.54, 1.807) is 24.3 Å². The number of anilines is 1. The summed E-state index contributed by atoms with van der Waals surface area (Å²) in [5, 5.41) is 15.2. The number of carbonyl (C=O) groups excluding carboxylic acids is 1. The number of phenols is 1. The Bertz CT molecular complexity index is 880. The quantitative estimate of drug-likeness (QED) is 0.702. The van der Waals surface area contributed by atoms with Gasteiger partial charge < -0.3 is 10.4 Å². The van der Waals surface area contributed by atoms with Gasteiger partial charge in [0.25, 0.3) is 5.91 Å². The molecule has 0 spiro atoms. The van der Waals surface area contributed by atoms with E-state index in [4.69, 9.17) is 11.6 Å². The van der Waals surface area contributed by atoms with Gasteiger partial charge in [0.05, 0.1) is 5.56 Å². The molecule has 5 heteroatoms. The molecule has 0 heterocycles. The van der Waals surface area contributed by atoms with Crippen LogP contribution < -0.4 is 34.9 Å². The number of fused-ring (bicyclic) bond motifs is 1. The maximum absolute atomic E-state index is 12.4. The van der Waals surface area contributed by atoms with Crippen molar-refractivity contribution in [3.05, 3.63) is 70.7 Å². The monoisotopic (exact) mass is 334 g/mol. The number of hydrogen-bond acceptors (Lipinski definition) is 2. The van der Waals surface area contributed by atoms with E-state index in [9.17, 15) is 9.90 Å². The summed E-state index contributed by atoms with van der Waals surface area (Å²) in [6.07, 6.45) is 0. The first-order valence-corrected chi connectivity index (χ1v) is 7.21. The van der Waals surface area contributed by atoms with Gasteiger partial charge in [-0.3, -0.25) is 4.79 Å². The Hall–Kier alpha value is -1.52. The van der Waals surface area contributed by atoms with E-state index in [0.29, 0.717) is 10.7 Å². The molecule has 0 radical (unpaired) electrons. The molecule has 0 aliphatic carbocycles. The van der Waals surface area contributed by atoms with Crippen molar-refractivity contribution in [1.82, 2.24) is 0 Å². The zero-order chi connectivity index (χ0) is 15.7. The molecule has 0 aliphatic heterocycles. The number of benzene rings is 3. The third-order valence-corrected chi connectivity index (χ3v) is 3.95. The molecule has 0 unspecified atom stereocenters. The molecule has 2 N–H and O–H groups in total. The zero-order valence-electron chi connectivity index (χ0n) is 12.9. The van der Waals surface area contributed by atoms with Gasteiger partial charge >= 0.3 is 29.6 Å². The standard InChI is InChI=1S/C18H14ClNO2.Na/c1-11-6-7-14(10-16(11)19)20-18(22)15-8-12-4-2-3-5-13(12)9-17(15)21;/h2-10,21H,1H3,(H,20,22);/q;+1. The third kappa shape index (κ3) is 3.88. The van der Waals surface area contributed by atoms with E-state index in [0.717, 1.165) is 16.3 Å². The molecular weight excluding hydrogens is 321 g/mol. The summed E-state index contributed by atoms with van der Waals surface area (Å²) in [4.78, 5) is 12.4. The van der Waals surface area contributed by atoms with Crippen molar-refractivity contribution < 1.29 is 39.5 Å². The molecule has 3 aromatic carbocycles. The number of aryl methyl sites for hydroxylation is 1. The maximum Gasteiger partial charge on any atom is 1.00 e.